The highest BCUT2D eigenvalue weighted by Crippen LogP contribution is 2.36. The standard InChI is InChI=1S/C20H29NO4Si/c1-20(2,3)26(5,6)25-13-9-12-21-14-16(18(22)19(23)24-4)15-10-7-8-11-17(15)21/h7-8,10-11,14H,9,12-13H2,1-6H3. The number of Topliss-reactive ketones (excluding diaryl/α,β-unsaturated/α-hetero) is 1. The summed E-state index contributed by atoms with van der Waals surface area (Å²) in [5.41, 5.74) is 1.32. The van der Waals surface area contributed by atoms with Crippen molar-refractivity contribution in [3.05, 3.63) is 36.0 Å². The number of ketones is 1. The summed E-state index contributed by atoms with van der Waals surface area (Å²) < 4.78 is 12.8. The minimum Gasteiger partial charge on any atom is -0.463 e. The first-order valence-electron chi connectivity index (χ1n) is 8.93. The first kappa shape index (κ1) is 20.4. The van der Waals surface area contributed by atoms with Gasteiger partial charge in [0, 0.05) is 30.3 Å². The van der Waals surface area contributed by atoms with E-state index in [-0.39, 0.29) is 5.04 Å². The average Bonchev–Trinajstić information content (AvgIpc) is 2.95. The van der Waals surface area contributed by atoms with Gasteiger partial charge in [-0.3, -0.25) is 4.79 Å². The molecule has 0 aliphatic heterocycles. The van der Waals surface area contributed by atoms with Crippen LogP contribution in [0.25, 0.3) is 10.9 Å². The highest BCUT2D eigenvalue weighted by molar-refractivity contribution is 6.74. The molecule has 0 saturated carbocycles. The molecule has 0 bridgehead atoms. The third kappa shape index (κ3) is 4.24. The van der Waals surface area contributed by atoms with Crippen LogP contribution in [-0.4, -0.2) is 38.4 Å². The zero-order valence-corrected chi connectivity index (χ0v) is 17.6. The summed E-state index contributed by atoms with van der Waals surface area (Å²) in [5.74, 6) is -1.45. The number of ether oxygens (including phenoxy) is 1. The highest BCUT2D eigenvalue weighted by Gasteiger charge is 2.36. The molecule has 2 rings (SSSR count). The van der Waals surface area contributed by atoms with Crippen molar-refractivity contribution in [3.63, 3.8) is 0 Å². The van der Waals surface area contributed by atoms with E-state index in [0.717, 1.165) is 23.9 Å². The van der Waals surface area contributed by atoms with E-state index in [0.29, 0.717) is 12.2 Å². The number of hydrogen-bond donors (Lipinski definition) is 0. The van der Waals surface area contributed by atoms with Crippen LogP contribution >= 0.6 is 0 Å². The van der Waals surface area contributed by atoms with Crippen LogP contribution in [0.3, 0.4) is 0 Å². The number of methoxy groups -OCH3 is 1. The predicted molar refractivity (Wildman–Crippen MR) is 106 cm³/mol. The normalized spacial score (nSPS) is 12.4. The van der Waals surface area contributed by atoms with E-state index in [1.165, 1.54) is 7.11 Å². The van der Waals surface area contributed by atoms with Crippen LogP contribution in [0, 0.1) is 0 Å². The maximum atomic E-state index is 12.3. The fourth-order valence-corrected chi connectivity index (χ4v) is 3.68. The molecule has 5 nitrogen and oxygen atoms in total. The van der Waals surface area contributed by atoms with Crippen molar-refractivity contribution in [1.82, 2.24) is 4.57 Å². The molecule has 0 spiro atoms. The summed E-state index contributed by atoms with van der Waals surface area (Å²) in [4.78, 5) is 23.9. The molecule has 0 radical (unpaired) electrons. The van der Waals surface area contributed by atoms with E-state index in [1.807, 2.05) is 28.8 Å². The lowest BCUT2D eigenvalue weighted by Gasteiger charge is -2.36. The van der Waals surface area contributed by atoms with Crippen LogP contribution in [0.4, 0.5) is 0 Å². The number of para-hydroxylation sites is 1. The topological polar surface area (TPSA) is 57.5 Å². The Morgan fingerprint density at radius 3 is 2.42 bits per heavy atom. The second-order valence-corrected chi connectivity index (χ2v) is 12.8. The fourth-order valence-electron chi connectivity index (χ4n) is 2.59. The van der Waals surface area contributed by atoms with Gasteiger partial charge in [-0.1, -0.05) is 39.0 Å². The number of fused-ring (bicyclic) bond motifs is 1. The summed E-state index contributed by atoms with van der Waals surface area (Å²) in [7, 11) is -0.534. The average molecular weight is 376 g/mol. The number of benzene rings is 1. The van der Waals surface area contributed by atoms with Gasteiger partial charge >= 0.3 is 5.97 Å². The minimum absolute atomic E-state index is 0.188. The number of hydrogen-bond acceptors (Lipinski definition) is 4. The number of esters is 1. The Bertz CT molecular complexity index is 802. The van der Waals surface area contributed by atoms with E-state index < -0.39 is 20.1 Å². The Morgan fingerprint density at radius 2 is 1.81 bits per heavy atom. The van der Waals surface area contributed by atoms with Crippen molar-refractivity contribution in [1.29, 1.82) is 0 Å². The molecule has 0 amide bonds. The molecule has 1 heterocycles. The summed E-state index contributed by atoms with van der Waals surface area (Å²) in [6, 6.07) is 7.60. The molecule has 1 aromatic heterocycles. The Hall–Kier alpha value is -1.92. The highest BCUT2D eigenvalue weighted by atomic mass is 28.4. The lowest BCUT2D eigenvalue weighted by Crippen LogP contribution is -2.41. The molecule has 6 heteroatoms. The van der Waals surface area contributed by atoms with Gasteiger partial charge in [0.15, 0.2) is 8.32 Å². The van der Waals surface area contributed by atoms with Crippen LogP contribution in [0.15, 0.2) is 30.5 Å². The predicted octanol–water partition coefficient (Wildman–Crippen LogP) is 4.41. The number of carbonyl (C=O) groups is 2. The Balaban J connectivity index is 2.13. The molecule has 0 unspecified atom stereocenters. The van der Waals surface area contributed by atoms with Crippen molar-refractivity contribution >= 4 is 31.0 Å². The van der Waals surface area contributed by atoms with Crippen LogP contribution in [0.1, 0.15) is 37.6 Å². The van der Waals surface area contributed by atoms with Crippen LogP contribution in [0.5, 0.6) is 0 Å². The number of rotatable bonds is 7. The zero-order valence-electron chi connectivity index (χ0n) is 16.6. The molecule has 0 atom stereocenters. The molecule has 0 aliphatic rings. The third-order valence-corrected chi connectivity index (χ3v) is 9.75. The van der Waals surface area contributed by atoms with Crippen molar-refractivity contribution in [3.8, 4) is 0 Å². The Morgan fingerprint density at radius 1 is 1.15 bits per heavy atom. The monoisotopic (exact) mass is 375 g/mol. The number of aromatic nitrogens is 1. The smallest absolute Gasteiger partial charge is 0.379 e. The second kappa shape index (κ2) is 7.76. The fraction of sp³-hybridized carbons (Fsp3) is 0.500. The molecule has 2 aromatic rings. The van der Waals surface area contributed by atoms with E-state index >= 15 is 0 Å². The first-order valence-corrected chi connectivity index (χ1v) is 11.8. The lowest BCUT2D eigenvalue weighted by atomic mass is 10.1. The van der Waals surface area contributed by atoms with Gasteiger partial charge in [-0.15, -0.1) is 0 Å². The van der Waals surface area contributed by atoms with E-state index in [2.05, 4.69) is 38.6 Å². The van der Waals surface area contributed by atoms with Crippen molar-refractivity contribution < 1.29 is 18.8 Å². The molecule has 142 valence electrons. The quantitative estimate of drug-likeness (QED) is 0.236. The second-order valence-electron chi connectivity index (χ2n) is 8.04. The number of carbonyl (C=O) groups excluding carboxylic acids is 2. The summed E-state index contributed by atoms with van der Waals surface area (Å²) in [6.07, 6.45) is 2.59. The van der Waals surface area contributed by atoms with Crippen molar-refractivity contribution in [2.45, 2.75) is 51.9 Å². The van der Waals surface area contributed by atoms with Gasteiger partial charge in [0.2, 0.25) is 0 Å². The molecule has 26 heavy (non-hydrogen) atoms. The number of aryl methyl sites for hydroxylation is 1. The Kier molecular flexibility index (Phi) is 6.08. The minimum atomic E-state index is -1.75. The molecule has 1 aromatic carbocycles. The van der Waals surface area contributed by atoms with E-state index in [9.17, 15) is 9.59 Å². The van der Waals surface area contributed by atoms with Crippen molar-refractivity contribution in [2.75, 3.05) is 13.7 Å². The van der Waals surface area contributed by atoms with Crippen LogP contribution in [0.2, 0.25) is 18.1 Å². The molecular formula is C20H29NO4Si. The van der Waals surface area contributed by atoms with Gasteiger partial charge in [0.1, 0.15) is 0 Å². The maximum absolute atomic E-state index is 12.3. The van der Waals surface area contributed by atoms with Gasteiger partial charge in [0.05, 0.1) is 12.7 Å². The zero-order chi connectivity index (χ0) is 19.5. The van der Waals surface area contributed by atoms with Gasteiger partial charge in [0.25, 0.3) is 5.78 Å². The SMILES string of the molecule is COC(=O)C(=O)c1cn(CCCO[Si](C)(C)C(C)(C)C)c2ccccc12. The first-order chi connectivity index (χ1) is 12.1. The van der Waals surface area contributed by atoms with Gasteiger partial charge in [-0.05, 0) is 30.6 Å². The molecule has 0 fully saturated rings. The molecule has 0 aliphatic carbocycles. The summed E-state index contributed by atoms with van der Waals surface area (Å²) in [6.45, 7) is 12.6. The summed E-state index contributed by atoms with van der Waals surface area (Å²) in [5, 5.41) is 0.959. The van der Waals surface area contributed by atoms with Crippen molar-refractivity contribution in [2.24, 2.45) is 0 Å². The third-order valence-electron chi connectivity index (χ3n) is 5.22. The molecule has 0 N–H and O–H groups in total. The number of nitrogens with zero attached hydrogens (tertiary/aromatic N) is 1. The molecule has 0 saturated heterocycles. The van der Waals surface area contributed by atoms with E-state index in [4.69, 9.17) is 4.43 Å². The van der Waals surface area contributed by atoms with Gasteiger partial charge in [-0.25, -0.2) is 4.79 Å². The van der Waals surface area contributed by atoms with E-state index in [1.54, 1.807) is 6.20 Å². The largest absolute Gasteiger partial charge is 0.463 e. The maximum Gasteiger partial charge on any atom is 0.379 e. The lowest BCUT2D eigenvalue weighted by molar-refractivity contribution is -0.135. The van der Waals surface area contributed by atoms with Gasteiger partial charge < -0.3 is 13.7 Å². The Labute approximate surface area is 156 Å². The molecular weight excluding hydrogens is 346 g/mol. The van der Waals surface area contributed by atoms with Crippen LogP contribution in [-0.2, 0) is 20.5 Å². The summed E-state index contributed by atoms with van der Waals surface area (Å²) >= 11 is 0. The van der Waals surface area contributed by atoms with Crippen LogP contribution < -0.4 is 0 Å². The van der Waals surface area contributed by atoms with Gasteiger partial charge in [-0.2, -0.15) is 0 Å².